The molecule has 19 atom stereocenters. The summed E-state index contributed by atoms with van der Waals surface area (Å²) in [5, 5.41) is 82.3. The van der Waals surface area contributed by atoms with Crippen LogP contribution in [-0.2, 0) is 38.8 Å². The van der Waals surface area contributed by atoms with Gasteiger partial charge in [0.25, 0.3) is 0 Å². The molecule has 0 aromatic rings. The van der Waals surface area contributed by atoms with Crippen LogP contribution in [0.25, 0.3) is 0 Å². The molecule has 0 radical (unpaired) electrons. The van der Waals surface area contributed by atoms with Crippen molar-refractivity contribution in [2.75, 3.05) is 19.8 Å². The molecule has 23 nitrogen and oxygen atoms in total. The third-order valence-corrected chi connectivity index (χ3v) is 8.32. The topological polar surface area (TPSA) is 422 Å². The zero-order valence-electron chi connectivity index (χ0n) is 24.8. The van der Waals surface area contributed by atoms with Crippen LogP contribution in [0.15, 0.2) is 0 Å². The SMILES string of the molecule is NC[C@@H]1O[C@H](O[C@H]2[C@@H](O)[C@H](O[C@@H]3[C@@H](O)[C@H](N)C[C@H](N)[C@H]3OC3O[C@H](CO)[C@@H](O)[C@H](O)[C@H]3N)O[C@@H]2CO)[C@H](N)[C@@H](O)[C@@H]1O.O=S(=O)(O)O. The van der Waals surface area contributed by atoms with E-state index in [1.165, 1.54) is 0 Å². The lowest BCUT2D eigenvalue weighted by Crippen LogP contribution is -2.68. The molecule has 4 fully saturated rings. The Morgan fingerprint density at radius 3 is 1.49 bits per heavy atom. The van der Waals surface area contributed by atoms with Crippen molar-refractivity contribution >= 4 is 10.4 Å². The Morgan fingerprint density at radius 1 is 0.574 bits per heavy atom. The summed E-state index contributed by atoms with van der Waals surface area (Å²) in [6.07, 6.45) is -20.5. The first-order chi connectivity index (χ1) is 21.8. The maximum atomic E-state index is 11.1. The van der Waals surface area contributed by atoms with Crippen LogP contribution in [0.3, 0.4) is 0 Å². The highest BCUT2D eigenvalue weighted by atomic mass is 32.3. The van der Waals surface area contributed by atoms with E-state index in [0.29, 0.717) is 0 Å². The Balaban J connectivity index is 0.00000111. The Morgan fingerprint density at radius 2 is 1.00 bits per heavy atom. The fraction of sp³-hybridized carbons (Fsp3) is 1.00. The van der Waals surface area contributed by atoms with Crippen molar-refractivity contribution in [3.05, 3.63) is 0 Å². The first kappa shape index (κ1) is 40.5. The molecule has 0 aromatic carbocycles. The predicted octanol–water partition coefficient (Wildman–Crippen LogP) is -9.51. The Hall–Kier alpha value is -0.890. The van der Waals surface area contributed by atoms with Crippen LogP contribution in [0.4, 0.5) is 0 Å². The molecule has 0 bridgehead atoms. The van der Waals surface area contributed by atoms with E-state index >= 15 is 0 Å². The average molecular weight is 714 g/mol. The number of aliphatic hydroxyl groups is 8. The Bertz CT molecular complexity index is 1070. The second-order valence-corrected chi connectivity index (χ2v) is 12.5. The summed E-state index contributed by atoms with van der Waals surface area (Å²) in [4.78, 5) is 0. The molecule has 0 amide bonds. The Kier molecular flexibility index (Phi) is 14.6. The van der Waals surface area contributed by atoms with E-state index in [9.17, 15) is 40.9 Å². The van der Waals surface area contributed by atoms with Gasteiger partial charge in [0.1, 0.15) is 67.1 Å². The highest BCUT2D eigenvalue weighted by Gasteiger charge is 2.54. The zero-order valence-corrected chi connectivity index (χ0v) is 25.6. The Labute approximate surface area is 268 Å². The molecule has 24 heteroatoms. The molecule has 3 aliphatic heterocycles. The number of ether oxygens (including phenoxy) is 6. The summed E-state index contributed by atoms with van der Waals surface area (Å²) < 4.78 is 66.0. The molecule has 3 saturated heterocycles. The van der Waals surface area contributed by atoms with Gasteiger partial charge in [-0.05, 0) is 6.42 Å². The van der Waals surface area contributed by atoms with Gasteiger partial charge in [0.05, 0.1) is 31.4 Å². The summed E-state index contributed by atoms with van der Waals surface area (Å²) in [6.45, 7) is -1.49. The first-order valence-corrected chi connectivity index (χ1v) is 15.9. The van der Waals surface area contributed by atoms with Crippen LogP contribution < -0.4 is 28.7 Å². The van der Waals surface area contributed by atoms with Gasteiger partial charge in [0.2, 0.25) is 0 Å². The van der Waals surface area contributed by atoms with Crippen molar-refractivity contribution in [2.45, 2.75) is 123 Å². The van der Waals surface area contributed by atoms with Gasteiger partial charge in [0.15, 0.2) is 18.9 Å². The van der Waals surface area contributed by atoms with E-state index in [1.54, 1.807) is 0 Å². The normalized spacial score (nSPS) is 49.3. The van der Waals surface area contributed by atoms with E-state index < -0.39 is 140 Å². The van der Waals surface area contributed by atoms with Gasteiger partial charge in [-0.25, -0.2) is 0 Å². The molecule has 1 unspecified atom stereocenters. The van der Waals surface area contributed by atoms with Gasteiger partial charge < -0.3 is 97.9 Å². The molecule has 3 heterocycles. The molecular formula is C23H47N5O18S. The maximum Gasteiger partial charge on any atom is 0.394 e. The minimum absolute atomic E-state index is 0.0642. The maximum absolute atomic E-state index is 11.1. The van der Waals surface area contributed by atoms with Crippen molar-refractivity contribution < 1.29 is 86.8 Å². The van der Waals surface area contributed by atoms with Crippen molar-refractivity contribution in [3.8, 4) is 0 Å². The summed E-state index contributed by atoms with van der Waals surface area (Å²) in [5.74, 6) is 0. The minimum atomic E-state index is -4.67. The zero-order chi connectivity index (χ0) is 35.5. The lowest BCUT2D eigenvalue weighted by Gasteiger charge is -2.47. The van der Waals surface area contributed by atoms with Gasteiger partial charge in [-0.3, -0.25) is 9.11 Å². The van der Waals surface area contributed by atoms with E-state index in [0.717, 1.165) is 0 Å². The lowest BCUT2D eigenvalue weighted by atomic mass is 9.84. The molecule has 1 saturated carbocycles. The third-order valence-electron chi connectivity index (χ3n) is 8.32. The molecule has 0 spiro atoms. The standard InChI is InChI=1S/C23H45N5O14.H2O4S/c24-2-7-13(32)15(34)10(27)21(37-7)41-19-9(4-30)39-23(17(19)36)42-20-12(31)5(25)1-6(26)18(20)40-22-11(28)16(35)14(33)8(3-29)38-22;1-5(2,3)4/h5-23,29-36H,1-4,24-28H2;(H2,1,2,3,4)/t5-,6+,7+,8-,9-,10-,11-,12+,13-,14-,15-,16-,17-,18-,19-,20-,21-,22?,23+;/m1./s1. The fourth-order valence-electron chi connectivity index (χ4n) is 5.70. The number of hydrogen-bond donors (Lipinski definition) is 15. The van der Waals surface area contributed by atoms with Gasteiger partial charge in [-0.1, -0.05) is 0 Å². The number of hydrogen-bond acceptors (Lipinski definition) is 21. The van der Waals surface area contributed by atoms with Crippen LogP contribution in [0.5, 0.6) is 0 Å². The molecule has 278 valence electrons. The van der Waals surface area contributed by atoms with Crippen LogP contribution >= 0.6 is 0 Å². The summed E-state index contributed by atoms with van der Waals surface area (Å²) in [7, 11) is -4.67. The second kappa shape index (κ2) is 16.9. The summed E-state index contributed by atoms with van der Waals surface area (Å²) >= 11 is 0. The van der Waals surface area contributed by atoms with Gasteiger partial charge >= 0.3 is 10.4 Å². The lowest BCUT2D eigenvalue weighted by molar-refractivity contribution is -0.310. The van der Waals surface area contributed by atoms with Crippen LogP contribution in [-0.4, -0.2) is 194 Å². The number of rotatable bonds is 9. The van der Waals surface area contributed by atoms with Gasteiger partial charge in [-0.15, -0.1) is 0 Å². The van der Waals surface area contributed by atoms with Crippen LogP contribution in [0.2, 0.25) is 0 Å². The third kappa shape index (κ3) is 9.67. The van der Waals surface area contributed by atoms with Gasteiger partial charge in [0, 0.05) is 18.6 Å². The highest BCUT2D eigenvalue weighted by Crippen LogP contribution is 2.34. The molecule has 47 heavy (non-hydrogen) atoms. The van der Waals surface area contributed by atoms with Crippen molar-refractivity contribution in [2.24, 2.45) is 28.7 Å². The number of nitrogens with two attached hydrogens (primary N) is 5. The number of aliphatic hydroxyl groups excluding tert-OH is 8. The van der Waals surface area contributed by atoms with Crippen molar-refractivity contribution in [3.63, 3.8) is 0 Å². The summed E-state index contributed by atoms with van der Waals surface area (Å²) in [5.41, 5.74) is 29.9. The van der Waals surface area contributed by atoms with E-state index in [-0.39, 0.29) is 13.0 Å². The predicted molar refractivity (Wildman–Crippen MR) is 151 cm³/mol. The fourth-order valence-corrected chi connectivity index (χ4v) is 5.70. The molecule has 4 rings (SSSR count). The smallest absolute Gasteiger partial charge is 0.394 e. The van der Waals surface area contributed by atoms with Gasteiger partial charge in [-0.2, -0.15) is 8.42 Å². The van der Waals surface area contributed by atoms with E-state index in [2.05, 4.69) is 0 Å². The van der Waals surface area contributed by atoms with Crippen molar-refractivity contribution in [1.82, 2.24) is 0 Å². The molecule has 4 aliphatic rings. The molecule has 0 aromatic heterocycles. The average Bonchev–Trinajstić information content (AvgIpc) is 3.30. The van der Waals surface area contributed by atoms with Crippen LogP contribution in [0, 0.1) is 0 Å². The molecule has 20 N–H and O–H groups in total. The molecule has 1 aliphatic carbocycles. The highest BCUT2D eigenvalue weighted by molar-refractivity contribution is 7.79. The largest absolute Gasteiger partial charge is 0.394 e. The second-order valence-electron chi connectivity index (χ2n) is 11.6. The monoisotopic (exact) mass is 713 g/mol. The van der Waals surface area contributed by atoms with E-state index in [1.807, 2.05) is 0 Å². The summed E-state index contributed by atoms with van der Waals surface area (Å²) in [6, 6.07) is -4.30. The minimum Gasteiger partial charge on any atom is -0.394 e. The quantitative estimate of drug-likeness (QED) is 0.0986. The molecular weight excluding hydrogens is 666 g/mol. The first-order valence-electron chi connectivity index (χ1n) is 14.5. The van der Waals surface area contributed by atoms with Crippen molar-refractivity contribution in [1.29, 1.82) is 0 Å². The van der Waals surface area contributed by atoms with E-state index in [4.69, 9.17) is 74.6 Å². The van der Waals surface area contributed by atoms with Crippen LogP contribution in [0.1, 0.15) is 6.42 Å².